The number of ether oxygens (including phenoxy) is 2. The Morgan fingerprint density at radius 1 is 1.03 bits per heavy atom. The Bertz CT molecular complexity index is 915. The van der Waals surface area contributed by atoms with Crippen LogP contribution in [0.1, 0.15) is 11.1 Å². The molecule has 0 atom stereocenters. The Morgan fingerprint density at radius 3 is 2.22 bits per heavy atom. The third-order valence-electron chi connectivity index (χ3n) is 5.34. The number of halogens is 1. The third-order valence-corrected chi connectivity index (χ3v) is 5.34. The lowest BCUT2D eigenvalue weighted by Crippen LogP contribution is -2.52. The normalized spacial score (nSPS) is 14.5. The van der Waals surface area contributed by atoms with Crippen molar-refractivity contribution in [3.63, 3.8) is 0 Å². The second kappa shape index (κ2) is 12.4. The van der Waals surface area contributed by atoms with Gasteiger partial charge in [0.1, 0.15) is 0 Å². The fraction of sp³-hybridized carbons (Fsp3) is 0.409. The molecule has 0 radical (unpaired) electrons. The Kier molecular flexibility index (Phi) is 9.97. The first-order valence-electron chi connectivity index (χ1n) is 10.2. The van der Waals surface area contributed by atoms with Gasteiger partial charge < -0.3 is 19.7 Å². The minimum atomic E-state index is -0.391. The van der Waals surface area contributed by atoms with Gasteiger partial charge in [-0.15, -0.1) is 24.0 Å². The van der Waals surface area contributed by atoms with Crippen LogP contribution in [0, 0.1) is 10.1 Å². The number of hydrogen-bond acceptors (Lipinski definition) is 6. The van der Waals surface area contributed by atoms with Gasteiger partial charge in [0, 0.05) is 58.4 Å². The Labute approximate surface area is 205 Å². The van der Waals surface area contributed by atoms with Gasteiger partial charge in [-0.1, -0.05) is 18.2 Å². The second-order valence-corrected chi connectivity index (χ2v) is 7.28. The molecule has 0 spiro atoms. The van der Waals surface area contributed by atoms with Gasteiger partial charge in [0.25, 0.3) is 5.69 Å². The first-order chi connectivity index (χ1) is 15.0. The number of methoxy groups -OCH3 is 2. The summed E-state index contributed by atoms with van der Waals surface area (Å²) in [4.78, 5) is 19.4. The van der Waals surface area contributed by atoms with Gasteiger partial charge in [0.2, 0.25) is 0 Å². The van der Waals surface area contributed by atoms with Crippen LogP contribution >= 0.6 is 24.0 Å². The zero-order valence-electron chi connectivity index (χ0n) is 18.6. The number of rotatable bonds is 7. The standard InChI is InChI=1S/C22H29N5O4.HI/c1-23-22(24-15-17-4-7-19(8-5-17)27(28)29)26-12-10-25(11-13-26)16-18-6-9-20(30-2)21(14-18)31-3;/h4-9,14H,10-13,15-16H2,1-3H3,(H,23,24);1H. The van der Waals surface area contributed by atoms with E-state index in [1.54, 1.807) is 33.4 Å². The van der Waals surface area contributed by atoms with Crippen LogP contribution in [0.15, 0.2) is 47.5 Å². The molecule has 1 saturated heterocycles. The number of nitrogens with one attached hydrogen (secondary N) is 1. The van der Waals surface area contributed by atoms with E-state index in [0.717, 1.165) is 55.7 Å². The van der Waals surface area contributed by atoms with E-state index in [-0.39, 0.29) is 29.7 Å². The molecular formula is C22H30IN5O4. The molecule has 32 heavy (non-hydrogen) atoms. The summed E-state index contributed by atoms with van der Waals surface area (Å²) in [5.74, 6) is 2.32. The highest BCUT2D eigenvalue weighted by Gasteiger charge is 2.20. The van der Waals surface area contributed by atoms with Crippen molar-refractivity contribution in [2.24, 2.45) is 4.99 Å². The molecule has 174 valence electrons. The fourth-order valence-corrected chi connectivity index (χ4v) is 3.60. The maximum atomic E-state index is 10.8. The molecule has 0 unspecified atom stereocenters. The van der Waals surface area contributed by atoms with Crippen molar-refractivity contribution in [2.45, 2.75) is 13.1 Å². The molecule has 0 aromatic heterocycles. The lowest BCUT2D eigenvalue weighted by molar-refractivity contribution is -0.384. The van der Waals surface area contributed by atoms with E-state index in [9.17, 15) is 10.1 Å². The van der Waals surface area contributed by atoms with Crippen LogP contribution in [0.3, 0.4) is 0 Å². The summed E-state index contributed by atoms with van der Waals surface area (Å²) in [5.41, 5.74) is 2.25. The summed E-state index contributed by atoms with van der Waals surface area (Å²) in [6, 6.07) is 12.6. The van der Waals surface area contributed by atoms with Crippen molar-refractivity contribution in [2.75, 3.05) is 47.4 Å². The molecular weight excluding hydrogens is 525 g/mol. The lowest BCUT2D eigenvalue weighted by atomic mass is 10.1. The van der Waals surface area contributed by atoms with E-state index in [1.165, 1.54) is 17.7 Å². The van der Waals surface area contributed by atoms with Gasteiger partial charge in [-0.05, 0) is 23.3 Å². The molecule has 0 saturated carbocycles. The SMILES string of the molecule is CN=C(NCc1ccc([N+](=O)[O-])cc1)N1CCN(Cc2ccc(OC)c(OC)c2)CC1.I. The quantitative estimate of drug-likeness (QED) is 0.185. The lowest BCUT2D eigenvalue weighted by Gasteiger charge is -2.36. The average Bonchev–Trinajstić information content (AvgIpc) is 2.80. The third kappa shape index (κ3) is 6.70. The van der Waals surface area contributed by atoms with Crippen molar-refractivity contribution < 1.29 is 14.4 Å². The molecule has 1 N–H and O–H groups in total. The molecule has 1 fully saturated rings. The fourth-order valence-electron chi connectivity index (χ4n) is 3.60. The summed E-state index contributed by atoms with van der Waals surface area (Å²) in [6.45, 7) is 5.00. The number of aliphatic imine (C=N–C) groups is 1. The maximum absolute atomic E-state index is 10.8. The number of piperazine rings is 1. The number of nitro groups is 1. The van der Waals surface area contributed by atoms with Crippen molar-refractivity contribution in [1.29, 1.82) is 0 Å². The predicted molar refractivity (Wildman–Crippen MR) is 135 cm³/mol. The summed E-state index contributed by atoms with van der Waals surface area (Å²) in [7, 11) is 5.06. The van der Waals surface area contributed by atoms with E-state index in [4.69, 9.17) is 9.47 Å². The van der Waals surface area contributed by atoms with Crippen molar-refractivity contribution >= 4 is 35.6 Å². The van der Waals surface area contributed by atoms with Gasteiger partial charge in [0.05, 0.1) is 19.1 Å². The molecule has 10 heteroatoms. The molecule has 2 aromatic carbocycles. The predicted octanol–water partition coefficient (Wildman–Crippen LogP) is 3.12. The largest absolute Gasteiger partial charge is 0.493 e. The van der Waals surface area contributed by atoms with Crippen LogP contribution in [0.4, 0.5) is 5.69 Å². The van der Waals surface area contributed by atoms with Gasteiger partial charge in [-0.2, -0.15) is 0 Å². The van der Waals surface area contributed by atoms with E-state index in [1.807, 2.05) is 12.1 Å². The summed E-state index contributed by atoms with van der Waals surface area (Å²) >= 11 is 0. The first kappa shape index (κ1) is 25.7. The van der Waals surface area contributed by atoms with Crippen LogP contribution in [-0.2, 0) is 13.1 Å². The summed E-state index contributed by atoms with van der Waals surface area (Å²) < 4.78 is 10.7. The van der Waals surface area contributed by atoms with Crippen LogP contribution in [0.5, 0.6) is 11.5 Å². The number of hydrogen-bond donors (Lipinski definition) is 1. The second-order valence-electron chi connectivity index (χ2n) is 7.28. The van der Waals surface area contributed by atoms with Crippen LogP contribution in [0.2, 0.25) is 0 Å². The zero-order chi connectivity index (χ0) is 22.2. The monoisotopic (exact) mass is 555 g/mol. The van der Waals surface area contributed by atoms with Gasteiger partial charge >= 0.3 is 0 Å². The molecule has 0 aliphatic carbocycles. The molecule has 1 aliphatic rings. The van der Waals surface area contributed by atoms with Crippen LogP contribution < -0.4 is 14.8 Å². The summed E-state index contributed by atoms with van der Waals surface area (Å²) in [6.07, 6.45) is 0. The molecule has 1 heterocycles. The van der Waals surface area contributed by atoms with Crippen LogP contribution in [0.25, 0.3) is 0 Å². The number of nitrogens with zero attached hydrogens (tertiary/aromatic N) is 4. The van der Waals surface area contributed by atoms with E-state index >= 15 is 0 Å². The highest BCUT2D eigenvalue weighted by atomic mass is 127. The number of benzene rings is 2. The van der Waals surface area contributed by atoms with Gasteiger partial charge in [0.15, 0.2) is 17.5 Å². The van der Waals surface area contributed by atoms with Crippen molar-refractivity contribution in [3.05, 3.63) is 63.7 Å². The molecule has 1 aliphatic heterocycles. The van der Waals surface area contributed by atoms with Crippen LogP contribution in [-0.4, -0.2) is 68.1 Å². The van der Waals surface area contributed by atoms with Gasteiger partial charge in [-0.3, -0.25) is 20.0 Å². The molecule has 0 amide bonds. The Hall–Kier alpha value is -2.60. The summed E-state index contributed by atoms with van der Waals surface area (Å²) in [5, 5.41) is 14.1. The highest BCUT2D eigenvalue weighted by molar-refractivity contribution is 14.0. The molecule has 3 rings (SSSR count). The van der Waals surface area contributed by atoms with E-state index in [0.29, 0.717) is 6.54 Å². The Balaban J connectivity index is 0.00000363. The smallest absolute Gasteiger partial charge is 0.269 e. The van der Waals surface area contributed by atoms with Gasteiger partial charge in [-0.25, -0.2) is 0 Å². The Morgan fingerprint density at radius 2 is 1.66 bits per heavy atom. The minimum absolute atomic E-state index is 0. The number of guanidine groups is 1. The molecule has 0 bridgehead atoms. The number of nitro benzene ring substituents is 1. The van der Waals surface area contributed by atoms with E-state index in [2.05, 4.69) is 26.2 Å². The molecule has 9 nitrogen and oxygen atoms in total. The van der Waals surface area contributed by atoms with E-state index < -0.39 is 4.92 Å². The highest BCUT2D eigenvalue weighted by Crippen LogP contribution is 2.28. The molecule has 2 aromatic rings. The maximum Gasteiger partial charge on any atom is 0.269 e. The topological polar surface area (TPSA) is 92.5 Å². The first-order valence-corrected chi connectivity index (χ1v) is 10.2. The zero-order valence-corrected chi connectivity index (χ0v) is 20.9. The van der Waals surface area contributed by atoms with Crippen molar-refractivity contribution in [1.82, 2.24) is 15.1 Å². The average molecular weight is 555 g/mol. The minimum Gasteiger partial charge on any atom is -0.493 e. The number of non-ortho nitro benzene ring substituents is 1. The van der Waals surface area contributed by atoms with Crippen molar-refractivity contribution in [3.8, 4) is 11.5 Å².